The van der Waals surface area contributed by atoms with Gasteiger partial charge in [0.15, 0.2) is 0 Å². The van der Waals surface area contributed by atoms with E-state index in [9.17, 15) is 0 Å². The summed E-state index contributed by atoms with van der Waals surface area (Å²) in [4.78, 5) is 0. The van der Waals surface area contributed by atoms with Crippen LogP contribution < -0.4 is 0 Å². The zero-order valence-corrected chi connectivity index (χ0v) is 27.0. The molecule has 2 heteroatoms. The molecular formula is C37H38HfN-5. The number of hydrogen-bond donors (Lipinski definition) is 0. The second-order valence-electron chi connectivity index (χ2n) is 8.91. The summed E-state index contributed by atoms with van der Waals surface area (Å²) in [6.07, 6.45) is 0. The summed E-state index contributed by atoms with van der Waals surface area (Å²) in [6.45, 7) is 18.2. The SMILES string of the molecule is Cc1cc(C)c([N-]Cc2[c-]cccc2)c(C)c1.[CH2-]c1ccccc1.[CH2-]c1ccccc1.[CH2-]c1ccccc1.[Hf]. The van der Waals surface area contributed by atoms with Crippen LogP contribution >= 0.6 is 0 Å². The minimum absolute atomic E-state index is 0. The number of nitrogens with zero attached hydrogens (tertiary/aromatic N) is 1. The van der Waals surface area contributed by atoms with E-state index in [0.29, 0.717) is 6.54 Å². The van der Waals surface area contributed by atoms with Gasteiger partial charge in [-0.05, 0) is 20.8 Å². The van der Waals surface area contributed by atoms with Gasteiger partial charge in [-0.2, -0.15) is 110 Å². The van der Waals surface area contributed by atoms with Crippen LogP contribution in [0.5, 0.6) is 0 Å². The predicted octanol–water partition coefficient (Wildman–Crippen LogP) is 10.2. The van der Waals surface area contributed by atoms with Gasteiger partial charge >= 0.3 is 0 Å². The molecule has 5 aromatic carbocycles. The Morgan fingerprint density at radius 3 is 1.26 bits per heavy atom. The van der Waals surface area contributed by atoms with Crippen LogP contribution in [-0.2, 0) is 32.4 Å². The molecule has 0 fully saturated rings. The average Bonchev–Trinajstić information content (AvgIpc) is 2.91. The van der Waals surface area contributed by atoms with Crippen molar-refractivity contribution < 1.29 is 25.8 Å². The standard InChI is InChI=1S/C16H17N.3C7H7.Hf/c1-12-9-13(2)16(14(3)10-12)17-11-15-7-5-4-6-8-15;3*1-7-5-3-2-4-6-7;/h4-7,9-10H,11H2,1-3H3;3*2-6H,1H2;/q-2;3*-1;. The van der Waals surface area contributed by atoms with Crippen LogP contribution in [0.2, 0.25) is 0 Å². The minimum atomic E-state index is 0. The molecule has 0 aliphatic carbocycles. The van der Waals surface area contributed by atoms with Gasteiger partial charge in [0.25, 0.3) is 0 Å². The van der Waals surface area contributed by atoms with Gasteiger partial charge in [-0.15, -0.1) is 48.6 Å². The van der Waals surface area contributed by atoms with E-state index >= 15 is 0 Å². The van der Waals surface area contributed by atoms with Crippen molar-refractivity contribution in [3.05, 3.63) is 198 Å². The summed E-state index contributed by atoms with van der Waals surface area (Å²) in [7, 11) is 0. The summed E-state index contributed by atoms with van der Waals surface area (Å²) >= 11 is 0. The van der Waals surface area contributed by atoms with Gasteiger partial charge in [-0.1, -0.05) is 47.0 Å². The van der Waals surface area contributed by atoms with Gasteiger partial charge in [0.2, 0.25) is 0 Å². The van der Waals surface area contributed by atoms with Crippen LogP contribution in [0.3, 0.4) is 0 Å². The second kappa shape index (κ2) is 19.4. The zero-order valence-electron chi connectivity index (χ0n) is 23.4. The van der Waals surface area contributed by atoms with Crippen molar-refractivity contribution in [1.82, 2.24) is 0 Å². The number of aryl methyl sites for hydroxylation is 3. The molecule has 0 amide bonds. The third kappa shape index (κ3) is 14.8. The largest absolute Gasteiger partial charge is 0.682 e. The van der Waals surface area contributed by atoms with E-state index in [4.69, 9.17) is 0 Å². The third-order valence-corrected chi connectivity index (χ3v) is 5.34. The van der Waals surface area contributed by atoms with Crippen LogP contribution in [-0.4, -0.2) is 0 Å². The normalized spacial score (nSPS) is 9.10. The molecule has 39 heavy (non-hydrogen) atoms. The maximum Gasteiger partial charge on any atom is 0 e. The quantitative estimate of drug-likeness (QED) is 0.134. The molecule has 0 bridgehead atoms. The molecule has 200 valence electrons. The Morgan fingerprint density at radius 1 is 0.564 bits per heavy atom. The van der Waals surface area contributed by atoms with Crippen molar-refractivity contribution in [1.29, 1.82) is 0 Å². The summed E-state index contributed by atoms with van der Waals surface area (Å²) in [6, 6.07) is 45.2. The average molecular weight is 675 g/mol. The van der Waals surface area contributed by atoms with E-state index < -0.39 is 0 Å². The van der Waals surface area contributed by atoms with Crippen LogP contribution in [0.25, 0.3) is 5.32 Å². The van der Waals surface area contributed by atoms with Crippen LogP contribution in [0, 0.1) is 47.6 Å². The molecule has 0 spiro atoms. The molecule has 0 aliphatic heterocycles. The van der Waals surface area contributed by atoms with E-state index in [-0.39, 0.29) is 25.8 Å². The molecule has 5 aromatic rings. The van der Waals surface area contributed by atoms with Crippen molar-refractivity contribution in [2.75, 3.05) is 0 Å². The number of rotatable bonds is 3. The minimum Gasteiger partial charge on any atom is -0.682 e. The van der Waals surface area contributed by atoms with E-state index in [2.05, 4.69) is 71.1 Å². The molecule has 0 atom stereocenters. The van der Waals surface area contributed by atoms with Crippen molar-refractivity contribution in [3.8, 4) is 0 Å². The Bertz CT molecular complexity index is 1170. The Labute approximate surface area is 256 Å². The maximum absolute atomic E-state index is 4.69. The van der Waals surface area contributed by atoms with Gasteiger partial charge < -0.3 is 5.32 Å². The fraction of sp³-hybridized carbons (Fsp3) is 0.108. The fourth-order valence-corrected chi connectivity index (χ4v) is 3.55. The van der Waals surface area contributed by atoms with E-state index in [1.807, 2.05) is 109 Å². The van der Waals surface area contributed by atoms with Crippen LogP contribution in [0.4, 0.5) is 5.69 Å². The third-order valence-electron chi connectivity index (χ3n) is 5.34. The molecule has 0 unspecified atom stereocenters. The van der Waals surface area contributed by atoms with Crippen molar-refractivity contribution in [2.45, 2.75) is 27.3 Å². The first-order chi connectivity index (χ1) is 18.3. The van der Waals surface area contributed by atoms with Crippen LogP contribution in [0.1, 0.15) is 38.9 Å². The van der Waals surface area contributed by atoms with E-state index in [0.717, 1.165) is 27.9 Å². The monoisotopic (exact) mass is 676 g/mol. The van der Waals surface area contributed by atoms with Crippen molar-refractivity contribution in [2.24, 2.45) is 0 Å². The van der Waals surface area contributed by atoms with Gasteiger partial charge in [-0.3, -0.25) is 0 Å². The van der Waals surface area contributed by atoms with E-state index in [1.54, 1.807) is 0 Å². The molecule has 0 saturated heterocycles. The van der Waals surface area contributed by atoms with Crippen molar-refractivity contribution in [3.63, 3.8) is 0 Å². The topological polar surface area (TPSA) is 14.1 Å². The smallest absolute Gasteiger partial charge is 0 e. The maximum atomic E-state index is 4.69. The molecule has 5 rings (SSSR count). The van der Waals surface area contributed by atoms with Gasteiger partial charge in [-0.25, -0.2) is 0 Å². The summed E-state index contributed by atoms with van der Waals surface area (Å²) in [5.41, 5.74) is 9.26. The summed E-state index contributed by atoms with van der Waals surface area (Å²) < 4.78 is 0. The molecule has 0 N–H and O–H groups in total. The van der Waals surface area contributed by atoms with E-state index in [1.165, 1.54) is 16.7 Å². The Hall–Kier alpha value is -3.62. The number of benzene rings is 5. The fourth-order valence-electron chi connectivity index (χ4n) is 3.55. The second-order valence-corrected chi connectivity index (χ2v) is 8.91. The Balaban J connectivity index is 0.000000288. The molecule has 0 heterocycles. The summed E-state index contributed by atoms with van der Waals surface area (Å²) in [5, 5.41) is 4.69. The molecule has 1 nitrogen and oxygen atoms in total. The zero-order chi connectivity index (χ0) is 27.6. The molecule has 0 aliphatic rings. The van der Waals surface area contributed by atoms with Crippen molar-refractivity contribution >= 4 is 5.69 Å². The van der Waals surface area contributed by atoms with Gasteiger partial charge in [0.1, 0.15) is 0 Å². The predicted molar refractivity (Wildman–Crippen MR) is 165 cm³/mol. The van der Waals surface area contributed by atoms with Gasteiger partial charge in [0, 0.05) is 25.8 Å². The first kappa shape index (κ1) is 33.4. The molecular weight excluding hydrogens is 637 g/mol. The molecule has 0 aromatic heterocycles. The first-order valence-electron chi connectivity index (χ1n) is 12.7. The molecule has 0 saturated carbocycles. The molecule has 0 radical (unpaired) electrons. The van der Waals surface area contributed by atoms with Crippen LogP contribution in [0.15, 0.2) is 127 Å². The first-order valence-corrected chi connectivity index (χ1v) is 12.7. The summed E-state index contributed by atoms with van der Waals surface area (Å²) in [5.74, 6) is 0. The Morgan fingerprint density at radius 2 is 0.949 bits per heavy atom. The Kier molecular flexibility index (Phi) is 16.7. The van der Waals surface area contributed by atoms with Gasteiger partial charge in [0.05, 0.1) is 0 Å². The number of hydrogen-bond acceptors (Lipinski definition) is 0.